The van der Waals surface area contributed by atoms with Gasteiger partial charge in [-0.05, 0) is 53.4 Å². The summed E-state index contributed by atoms with van der Waals surface area (Å²) in [5.41, 5.74) is 2.68. The third kappa shape index (κ3) is 4.40. The van der Waals surface area contributed by atoms with E-state index in [-0.39, 0.29) is 29.3 Å². The van der Waals surface area contributed by atoms with Crippen LogP contribution in [0.15, 0.2) is 78.9 Å². The molecule has 0 aliphatic carbocycles. The molecule has 0 spiro atoms. The Balaban J connectivity index is 2.11. The van der Waals surface area contributed by atoms with Crippen LogP contribution in [-0.2, 0) is 0 Å². The van der Waals surface area contributed by atoms with Gasteiger partial charge >= 0.3 is 0 Å². The van der Waals surface area contributed by atoms with Crippen LogP contribution in [0, 0.1) is 5.92 Å². The van der Waals surface area contributed by atoms with Crippen molar-refractivity contribution in [2.45, 2.75) is 25.7 Å². The molecule has 2 atom stereocenters. The van der Waals surface area contributed by atoms with Crippen LogP contribution in [0.4, 0.5) is 0 Å². The molecule has 0 aromatic heterocycles. The van der Waals surface area contributed by atoms with E-state index in [4.69, 9.17) is 11.6 Å². The van der Waals surface area contributed by atoms with Crippen LogP contribution in [0.2, 0.25) is 5.02 Å². The minimum Gasteiger partial charge on any atom is -0.508 e. The minimum atomic E-state index is -0.322. The third-order valence-electron chi connectivity index (χ3n) is 4.93. The van der Waals surface area contributed by atoms with Crippen molar-refractivity contribution in [3.8, 4) is 5.75 Å². The lowest BCUT2D eigenvalue weighted by atomic mass is 9.72. The van der Waals surface area contributed by atoms with Gasteiger partial charge < -0.3 is 5.11 Å². The first-order valence-electron chi connectivity index (χ1n) is 9.11. The van der Waals surface area contributed by atoms with Gasteiger partial charge in [-0.1, -0.05) is 67.9 Å². The maximum atomic E-state index is 13.5. The van der Waals surface area contributed by atoms with Crippen LogP contribution in [0.5, 0.6) is 5.75 Å². The van der Waals surface area contributed by atoms with E-state index in [0.717, 1.165) is 11.1 Å². The summed E-state index contributed by atoms with van der Waals surface area (Å²) in [6.45, 7) is 4.28. The van der Waals surface area contributed by atoms with Crippen LogP contribution in [0.25, 0.3) is 0 Å². The smallest absolute Gasteiger partial charge is 0.170 e. The van der Waals surface area contributed by atoms with Crippen molar-refractivity contribution >= 4 is 17.4 Å². The van der Waals surface area contributed by atoms with Gasteiger partial charge in [0, 0.05) is 16.5 Å². The summed E-state index contributed by atoms with van der Waals surface area (Å²) >= 11 is 6.08. The number of phenols is 1. The fourth-order valence-corrected chi connectivity index (χ4v) is 3.76. The quantitative estimate of drug-likeness (QED) is 0.500. The van der Waals surface area contributed by atoms with Crippen LogP contribution in [0.1, 0.15) is 47.2 Å². The summed E-state index contributed by atoms with van der Waals surface area (Å²) in [6.07, 6.45) is 0. The molecule has 0 aliphatic rings. The number of Topliss-reactive ketones (excluding diaryl/α,β-unsaturated/α-hetero) is 1. The van der Waals surface area contributed by atoms with Gasteiger partial charge in [0.25, 0.3) is 0 Å². The van der Waals surface area contributed by atoms with E-state index in [1.54, 1.807) is 24.3 Å². The molecular formula is C24H23ClO2. The van der Waals surface area contributed by atoms with Gasteiger partial charge in [-0.2, -0.15) is 0 Å². The molecule has 3 rings (SSSR count). The molecule has 27 heavy (non-hydrogen) atoms. The summed E-state index contributed by atoms with van der Waals surface area (Å²) in [4.78, 5) is 13.5. The average Bonchev–Trinajstić information content (AvgIpc) is 2.67. The SMILES string of the molecule is CC(C)C(c1ccc(Cl)cc1)C(C(=O)c1ccc(O)cc1)c1ccccc1. The van der Waals surface area contributed by atoms with Gasteiger partial charge in [-0.15, -0.1) is 0 Å². The van der Waals surface area contributed by atoms with Crippen LogP contribution in [0.3, 0.4) is 0 Å². The predicted molar refractivity (Wildman–Crippen MR) is 111 cm³/mol. The summed E-state index contributed by atoms with van der Waals surface area (Å²) in [7, 11) is 0. The molecule has 0 fully saturated rings. The summed E-state index contributed by atoms with van der Waals surface area (Å²) < 4.78 is 0. The highest BCUT2D eigenvalue weighted by Gasteiger charge is 2.33. The number of ketones is 1. The molecule has 3 heteroatoms. The van der Waals surface area contributed by atoms with Gasteiger partial charge in [-0.25, -0.2) is 0 Å². The maximum absolute atomic E-state index is 13.5. The topological polar surface area (TPSA) is 37.3 Å². The Hall–Kier alpha value is -2.58. The van der Waals surface area contributed by atoms with Gasteiger partial charge in [-0.3, -0.25) is 4.79 Å². The normalized spacial score (nSPS) is 13.3. The van der Waals surface area contributed by atoms with Crippen molar-refractivity contribution in [1.29, 1.82) is 0 Å². The Kier molecular flexibility index (Phi) is 5.98. The first-order valence-corrected chi connectivity index (χ1v) is 9.49. The zero-order valence-corrected chi connectivity index (χ0v) is 16.2. The van der Waals surface area contributed by atoms with E-state index in [1.165, 1.54) is 0 Å². The molecule has 0 amide bonds. The third-order valence-corrected chi connectivity index (χ3v) is 5.18. The molecule has 2 unspecified atom stereocenters. The lowest BCUT2D eigenvalue weighted by molar-refractivity contribution is 0.0936. The number of phenolic OH excluding ortho intramolecular Hbond substituents is 1. The Morgan fingerprint density at radius 3 is 1.96 bits per heavy atom. The lowest BCUT2D eigenvalue weighted by Crippen LogP contribution is -2.24. The van der Waals surface area contributed by atoms with E-state index in [2.05, 4.69) is 13.8 Å². The number of carbonyl (C=O) groups excluding carboxylic acids is 1. The second-order valence-electron chi connectivity index (χ2n) is 7.12. The number of halogens is 1. The first kappa shape index (κ1) is 19.2. The first-order chi connectivity index (χ1) is 13.0. The molecule has 0 heterocycles. The van der Waals surface area contributed by atoms with Crippen molar-refractivity contribution in [3.63, 3.8) is 0 Å². The number of carbonyl (C=O) groups is 1. The van der Waals surface area contributed by atoms with E-state index in [1.807, 2.05) is 54.6 Å². The van der Waals surface area contributed by atoms with Crippen molar-refractivity contribution < 1.29 is 9.90 Å². The molecule has 0 radical (unpaired) electrons. The highest BCUT2D eigenvalue weighted by atomic mass is 35.5. The number of aromatic hydroxyl groups is 1. The van der Waals surface area contributed by atoms with E-state index in [0.29, 0.717) is 10.6 Å². The van der Waals surface area contributed by atoms with Crippen molar-refractivity contribution in [3.05, 3.63) is 101 Å². The van der Waals surface area contributed by atoms with Crippen molar-refractivity contribution in [2.75, 3.05) is 0 Å². The molecule has 0 aliphatic heterocycles. The molecule has 3 aromatic carbocycles. The summed E-state index contributed by atoms with van der Waals surface area (Å²) in [5, 5.41) is 10.3. The number of benzene rings is 3. The zero-order valence-electron chi connectivity index (χ0n) is 15.5. The fourth-order valence-electron chi connectivity index (χ4n) is 3.63. The second-order valence-corrected chi connectivity index (χ2v) is 7.56. The standard InChI is InChI=1S/C24H23ClO2/c1-16(2)22(18-8-12-20(25)13-9-18)23(17-6-4-3-5-7-17)24(27)19-10-14-21(26)15-11-19/h3-16,22-23,26H,1-2H3. The van der Waals surface area contributed by atoms with E-state index < -0.39 is 0 Å². The molecule has 0 saturated heterocycles. The fraction of sp³-hybridized carbons (Fsp3) is 0.208. The molecule has 1 N–H and O–H groups in total. The minimum absolute atomic E-state index is 0.00553. The average molecular weight is 379 g/mol. The van der Waals surface area contributed by atoms with E-state index in [9.17, 15) is 9.90 Å². The Morgan fingerprint density at radius 1 is 0.815 bits per heavy atom. The predicted octanol–water partition coefficient (Wildman–Crippen LogP) is 6.45. The molecule has 0 bridgehead atoms. The highest BCUT2D eigenvalue weighted by molar-refractivity contribution is 6.30. The van der Waals surface area contributed by atoms with Gasteiger partial charge in [0.15, 0.2) is 5.78 Å². The largest absolute Gasteiger partial charge is 0.508 e. The molecule has 0 saturated carbocycles. The number of hydrogen-bond acceptors (Lipinski definition) is 2. The lowest BCUT2D eigenvalue weighted by Gasteiger charge is -2.30. The highest BCUT2D eigenvalue weighted by Crippen LogP contribution is 2.41. The maximum Gasteiger partial charge on any atom is 0.170 e. The Morgan fingerprint density at radius 2 is 1.41 bits per heavy atom. The molecule has 138 valence electrons. The van der Waals surface area contributed by atoms with Gasteiger partial charge in [0.05, 0.1) is 5.92 Å². The monoisotopic (exact) mass is 378 g/mol. The molecule has 3 aromatic rings. The summed E-state index contributed by atoms with van der Waals surface area (Å²) in [6, 6.07) is 24.2. The van der Waals surface area contributed by atoms with Gasteiger partial charge in [0.1, 0.15) is 5.75 Å². The van der Waals surface area contributed by atoms with Crippen LogP contribution >= 0.6 is 11.6 Å². The van der Waals surface area contributed by atoms with Crippen molar-refractivity contribution in [2.24, 2.45) is 5.92 Å². The number of hydrogen-bond donors (Lipinski definition) is 1. The molecule has 2 nitrogen and oxygen atoms in total. The van der Waals surface area contributed by atoms with Crippen LogP contribution in [-0.4, -0.2) is 10.9 Å². The number of rotatable bonds is 6. The second kappa shape index (κ2) is 8.41. The summed E-state index contributed by atoms with van der Waals surface area (Å²) in [5.74, 6) is 0.135. The van der Waals surface area contributed by atoms with Gasteiger partial charge in [0.2, 0.25) is 0 Å². The van der Waals surface area contributed by atoms with E-state index >= 15 is 0 Å². The van der Waals surface area contributed by atoms with Crippen molar-refractivity contribution in [1.82, 2.24) is 0 Å². The Labute approximate surface area is 165 Å². The molecular weight excluding hydrogens is 356 g/mol. The Bertz CT molecular complexity index is 884. The zero-order chi connectivity index (χ0) is 19.4. The van der Waals surface area contributed by atoms with Crippen LogP contribution < -0.4 is 0 Å².